The lowest BCUT2D eigenvalue weighted by atomic mass is 10.1. The number of rotatable bonds is 5. The molecule has 150 valence electrons. The second kappa shape index (κ2) is 7.87. The van der Waals surface area contributed by atoms with Crippen molar-refractivity contribution in [3.8, 4) is 0 Å². The minimum Gasteiger partial charge on any atom is -0.465 e. The summed E-state index contributed by atoms with van der Waals surface area (Å²) < 4.78 is 44.8. The Morgan fingerprint density at radius 3 is 2.44 bits per heavy atom. The zero-order chi connectivity index (χ0) is 19.6. The van der Waals surface area contributed by atoms with Crippen molar-refractivity contribution in [3.05, 3.63) is 11.8 Å². The van der Waals surface area contributed by atoms with Crippen molar-refractivity contribution in [2.75, 3.05) is 55.7 Å². The first-order valence-corrected chi connectivity index (χ1v) is 9.13. The summed E-state index contributed by atoms with van der Waals surface area (Å²) in [4.78, 5) is 25.2. The molecule has 27 heavy (non-hydrogen) atoms. The second-order valence-corrected chi connectivity index (χ2v) is 6.81. The van der Waals surface area contributed by atoms with E-state index in [9.17, 15) is 18.0 Å². The zero-order valence-electron chi connectivity index (χ0n) is 15.5. The van der Waals surface area contributed by atoms with E-state index in [-0.39, 0.29) is 30.3 Å². The molecule has 3 heterocycles. The van der Waals surface area contributed by atoms with Gasteiger partial charge in [0.1, 0.15) is 5.82 Å². The number of piperazine rings is 1. The van der Waals surface area contributed by atoms with Crippen LogP contribution in [-0.4, -0.2) is 72.8 Å². The van der Waals surface area contributed by atoms with Gasteiger partial charge in [0.25, 0.3) is 0 Å². The summed E-state index contributed by atoms with van der Waals surface area (Å²) in [6, 6.07) is 1.15. The van der Waals surface area contributed by atoms with Crippen molar-refractivity contribution in [1.82, 2.24) is 14.9 Å². The topological polar surface area (TPSA) is 61.8 Å². The first-order chi connectivity index (χ1) is 12.8. The van der Waals surface area contributed by atoms with Crippen LogP contribution >= 0.6 is 0 Å². The van der Waals surface area contributed by atoms with Crippen LogP contribution in [-0.2, 0) is 15.7 Å². The summed E-state index contributed by atoms with van der Waals surface area (Å²) in [6.45, 7) is 6.97. The standard InChI is InChI=1S/C17H24F3N5O2/c1-3-27-15(26)11-23-6-8-24(9-7-23)14-10-13(17(18,19)20)21-16(22-14)25-5-4-12(25)2/h10,12H,3-9,11H2,1-2H3/t12-/m0/s1. The van der Waals surface area contributed by atoms with E-state index in [2.05, 4.69) is 9.97 Å². The molecule has 0 aliphatic carbocycles. The third kappa shape index (κ3) is 4.60. The Morgan fingerprint density at radius 2 is 1.93 bits per heavy atom. The molecule has 2 aliphatic rings. The quantitative estimate of drug-likeness (QED) is 0.714. The summed E-state index contributed by atoms with van der Waals surface area (Å²) >= 11 is 0. The molecule has 0 spiro atoms. The van der Waals surface area contributed by atoms with E-state index in [1.165, 1.54) is 0 Å². The average molecular weight is 387 g/mol. The van der Waals surface area contributed by atoms with Crippen molar-refractivity contribution >= 4 is 17.7 Å². The Morgan fingerprint density at radius 1 is 1.22 bits per heavy atom. The van der Waals surface area contributed by atoms with E-state index in [1.54, 1.807) is 11.8 Å². The highest BCUT2D eigenvalue weighted by Crippen LogP contribution is 2.33. The number of anilines is 2. The highest BCUT2D eigenvalue weighted by Gasteiger charge is 2.36. The fourth-order valence-electron chi connectivity index (χ4n) is 3.20. The molecule has 1 aromatic rings. The Hall–Kier alpha value is -2.10. The largest absolute Gasteiger partial charge is 0.465 e. The molecule has 0 radical (unpaired) electrons. The summed E-state index contributed by atoms with van der Waals surface area (Å²) in [7, 11) is 0. The summed E-state index contributed by atoms with van der Waals surface area (Å²) in [5, 5.41) is 0. The fraction of sp³-hybridized carbons (Fsp3) is 0.706. The Kier molecular flexibility index (Phi) is 5.73. The monoisotopic (exact) mass is 387 g/mol. The van der Waals surface area contributed by atoms with Gasteiger partial charge in [-0.15, -0.1) is 0 Å². The predicted molar refractivity (Wildman–Crippen MR) is 93.7 cm³/mol. The normalized spacial score (nSPS) is 21.1. The number of carbonyl (C=O) groups excluding carboxylic acids is 1. The first-order valence-electron chi connectivity index (χ1n) is 9.13. The number of aromatic nitrogens is 2. The molecule has 1 aromatic heterocycles. The van der Waals surface area contributed by atoms with Gasteiger partial charge in [0.05, 0.1) is 13.2 Å². The molecule has 1 atom stereocenters. The maximum absolute atomic E-state index is 13.3. The lowest BCUT2D eigenvalue weighted by Gasteiger charge is -2.40. The summed E-state index contributed by atoms with van der Waals surface area (Å²) in [5.74, 6) is 0.121. The van der Waals surface area contributed by atoms with E-state index in [0.29, 0.717) is 39.3 Å². The van der Waals surface area contributed by atoms with Gasteiger partial charge in [-0.3, -0.25) is 9.69 Å². The maximum atomic E-state index is 13.3. The molecule has 0 aromatic carbocycles. The molecule has 2 aliphatic heterocycles. The molecule has 0 saturated carbocycles. The minimum absolute atomic E-state index is 0.132. The molecule has 0 amide bonds. The molecule has 3 rings (SSSR count). The van der Waals surface area contributed by atoms with Gasteiger partial charge in [-0.1, -0.05) is 0 Å². The van der Waals surface area contributed by atoms with Crippen LogP contribution in [0.5, 0.6) is 0 Å². The molecule has 0 N–H and O–H groups in total. The first kappa shape index (κ1) is 19.7. The SMILES string of the molecule is CCOC(=O)CN1CCN(c2cc(C(F)(F)F)nc(N3CC[C@@H]3C)n2)CC1. The van der Waals surface area contributed by atoms with Crippen LogP contribution in [0, 0.1) is 0 Å². The lowest BCUT2D eigenvalue weighted by molar-refractivity contribution is -0.144. The molecule has 0 unspecified atom stereocenters. The van der Waals surface area contributed by atoms with E-state index in [0.717, 1.165) is 12.5 Å². The lowest BCUT2D eigenvalue weighted by Crippen LogP contribution is -2.49. The zero-order valence-corrected chi connectivity index (χ0v) is 15.5. The number of halogens is 3. The number of ether oxygens (including phenoxy) is 1. The molecule has 2 saturated heterocycles. The van der Waals surface area contributed by atoms with Crippen LogP contribution in [0.3, 0.4) is 0 Å². The van der Waals surface area contributed by atoms with Crippen LogP contribution in [0.1, 0.15) is 26.0 Å². The summed E-state index contributed by atoms with van der Waals surface area (Å²) in [6.07, 6.45) is -3.60. The van der Waals surface area contributed by atoms with Crippen molar-refractivity contribution in [3.63, 3.8) is 0 Å². The third-order valence-electron chi connectivity index (χ3n) is 4.92. The van der Waals surface area contributed by atoms with E-state index >= 15 is 0 Å². The minimum atomic E-state index is -4.52. The van der Waals surface area contributed by atoms with Crippen LogP contribution in [0.15, 0.2) is 6.07 Å². The molecule has 10 heteroatoms. The van der Waals surface area contributed by atoms with Gasteiger partial charge in [0.2, 0.25) is 5.95 Å². The number of esters is 1. The highest BCUT2D eigenvalue weighted by molar-refractivity contribution is 5.71. The number of hydrogen-bond donors (Lipinski definition) is 0. The van der Waals surface area contributed by atoms with Gasteiger partial charge in [0.15, 0.2) is 5.69 Å². The number of hydrogen-bond acceptors (Lipinski definition) is 7. The van der Waals surface area contributed by atoms with E-state index < -0.39 is 11.9 Å². The van der Waals surface area contributed by atoms with Crippen LogP contribution in [0.4, 0.5) is 24.9 Å². The fourth-order valence-corrected chi connectivity index (χ4v) is 3.20. The smallest absolute Gasteiger partial charge is 0.433 e. The van der Waals surface area contributed by atoms with Gasteiger partial charge in [-0.25, -0.2) is 4.98 Å². The van der Waals surface area contributed by atoms with Crippen molar-refractivity contribution < 1.29 is 22.7 Å². The van der Waals surface area contributed by atoms with Gasteiger partial charge < -0.3 is 14.5 Å². The Balaban J connectivity index is 1.72. The average Bonchev–Trinajstić information content (AvgIpc) is 2.60. The second-order valence-electron chi connectivity index (χ2n) is 6.81. The predicted octanol–water partition coefficient (Wildman–Crippen LogP) is 1.78. The highest BCUT2D eigenvalue weighted by atomic mass is 19.4. The maximum Gasteiger partial charge on any atom is 0.433 e. The van der Waals surface area contributed by atoms with E-state index in [1.807, 2.05) is 16.7 Å². The molecule has 0 bridgehead atoms. The number of carbonyl (C=O) groups is 1. The van der Waals surface area contributed by atoms with Crippen LogP contribution < -0.4 is 9.80 Å². The Labute approximate surface area is 156 Å². The van der Waals surface area contributed by atoms with Gasteiger partial charge >= 0.3 is 12.1 Å². The molecular formula is C17H24F3N5O2. The van der Waals surface area contributed by atoms with Crippen LogP contribution in [0.25, 0.3) is 0 Å². The molecule has 7 nitrogen and oxygen atoms in total. The van der Waals surface area contributed by atoms with Crippen LogP contribution in [0.2, 0.25) is 0 Å². The molecule has 2 fully saturated rings. The Bertz CT molecular complexity index is 677. The summed E-state index contributed by atoms with van der Waals surface area (Å²) in [5.41, 5.74) is -0.921. The van der Waals surface area contributed by atoms with Gasteiger partial charge in [0, 0.05) is 44.8 Å². The van der Waals surface area contributed by atoms with Crippen molar-refractivity contribution in [2.24, 2.45) is 0 Å². The van der Waals surface area contributed by atoms with Gasteiger partial charge in [-0.2, -0.15) is 18.2 Å². The third-order valence-corrected chi connectivity index (χ3v) is 4.92. The molecular weight excluding hydrogens is 363 g/mol. The van der Waals surface area contributed by atoms with Gasteiger partial charge in [-0.05, 0) is 20.3 Å². The van der Waals surface area contributed by atoms with Crippen molar-refractivity contribution in [2.45, 2.75) is 32.5 Å². The van der Waals surface area contributed by atoms with Crippen molar-refractivity contribution in [1.29, 1.82) is 0 Å². The number of alkyl halides is 3. The van der Waals surface area contributed by atoms with E-state index in [4.69, 9.17) is 4.74 Å². The number of nitrogens with zero attached hydrogens (tertiary/aromatic N) is 5.